The molecule has 0 spiro atoms. The van der Waals surface area contributed by atoms with Crippen molar-refractivity contribution in [3.63, 3.8) is 0 Å². The SMILES string of the molecule is SCC(S)N1CCN2CCCC2C1. The summed E-state index contributed by atoms with van der Waals surface area (Å²) in [5.41, 5.74) is 0. The van der Waals surface area contributed by atoms with E-state index in [4.69, 9.17) is 0 Å². The number of piperazine rings is 1. The molecule has 0 aromatic heterocycles. The first-order valence-corrected chi connectivity index (χ1v) is 6.23. The predicted octanol–water partition coefficient (Wildman–Crippen LogP) is 0.952. The molecule has 0 amide bonds. The van der Waals surface area contributed by atoms with Crippen LogP contribution in [0.3, 0.4) is 0 Å². The Morgan fingerprint density at radius 1 is 1.31 bits per heavy atom. The van der Waals surface area contributed by atoms with E-state index in [1.165, 1.54) is 39.0 Å². The second-order valence-electron chi connectivity index (χ2n) is 3.99. The molecule has 0 aromatic carbocycles. The van der Waals surface area contributed by atoms with Crippen molar-refractivity contribution in [1.29, 1.82) is 0 Å². The standard InChI is InChI=1S/C9H18N2S2/c12-7-9(13)11-5-4-10-3-1-2-8(10)6-11/h8-9,12-13H,1-7H2. The van der Waals surface area contributed by atoms with E-state index in [0.717, 1.165) is 11.8 Å². The lowest BCUT2D eigenvalue weighted by Crippen LogP contribution is -2.52. The molecule has 2 heterocycles. The highest BCUT2D eigenvalue weighted by Crippen LogP contribution is 2.23. The van der Waals surface area contributed by atoms with Gasteiger partial charge in [-0.2, -0.15) is 25.3 Å². The van der Waals surface area contributed by atoms with Crippen molar-refractivity contribution in [3.8, 4) is 0 Å². The zero-order chi connectivity index (χ0) is 9.26. The van der Waals surface area contributed by atoms with Gasteiger partial charge in [-0.1, -0.05) is 0 Å². The van der Waals surface area contributed by atoms with Crippen LogP contribution in [0.25, 0.3) is 0 Å². The van der Waals surface area contributed by atoms with Crippen molar-refractivity contribution in [2.45, 2.75) is 24.3 Å². The highest BCUT2D eigenvalue weighted by molar-refractivity contribution is 7.84. The molecule has 0 aromatic rings. The lowest BCUT2D eigenvalue weighted by molar-refractivity contribution is 0.102. The van der Waals surface area contributed by atoms with Crippen LogP contribution < -0.4 is 0 Å². The Labute approximate surface area is 91.5 Å². The first-order valence-electron chi connectivity index (χ1n) is 5.08. The van der Waals surface area contributed by atoms with Gasteiger partial charge < -0.3 is 0 Å². The van der Waals surface area contributed by atoms with Gasteiger partial charge in [-0.3, -0.25) is 9.80 Å². The Morgan fingerprint density at radius 3 is 2.92 bits per heavy atom. The number of hydrogen-bond donors (Lipinski definition) is 2. The van der Waals surface area contributed by atoms with Gasteiger partial charge in [-0.15, -0.1) is 0 Å². The van der Waals surface area contributed by atoms with E-state index in [-0.39, 0.29) is 0 Å². The largest absolute Gasteiger partial charge is 0.298 e. The molecule has 2 nitrogen and oxygen atoms in total. The molecule has 2 saturated heterocycles. The summed E-state index contributed by atoms with van der Waals surface area (Å²) in [7, 11) is 0. The number of fused-ring (bicyclic) bond motifs is 1. The van der Waals surface area contributed by atoms with Gasteiger partial charge in [0.1, 0.15) is 0 Å². The summed E-state index contributed by atoms with van der Waals surface area (Å²) >= 11 is 8.82. The minimum Gasteiger partial charge on any atom is -0.298 e. The normalized spacial score (nSPS) is 33.2. The molecule has 2 aliphatic heterocycles. The van der Waals surface area contributed by atoms with Gasteiger partial charge in [0.05, 0.1) is 5.37 Å². The number of thiol groups is 2. The highest BCUT2D eigenvalue weighted by Gasteiger charge is 2.31. The molecule has 0 saturated carbocycles. The lowest BCUT2D eigenvalue weighted by atomic mass is 10.1. The smallest absolute Gasteiger partial charge is 0.0617 e. The van der Waals surface area contributed by atoms with Gasteiger partial charge in [-0.05, 0) is 19.4 Å². The van der Waals surface area contributed by atoms with Crippen molar-refractivity contribution < 1.29 is 0 Å². The molecule has 2 aliphatic rings. The Hall–Kier alpha value is 0.620. The first-order chi connectivity index (χ1) is 6.31. The van der Waals surface area contributed by atoms with Gasteiger partial charge in [0, 0.05) is 31.4 Å². The fraction of sp³-hybridized carbons (Fsp3) is 1.00. The molecular formula is C9H18N2S2. The van der Waals surface area contributed by atoms with E-state index in [1.807, 2.05) is 0 Å². The first kappa shape index (κ1) is 10.1. The van der Waals surface area contributed by atoms with Crippen LogP contribution in [0.5, 0.6) is 0 Å². The van der Waals surface area contributed by atoms with Crippen LogP contribution in [-0.4, -0.2) is 53.1 Å². The number of rotatable bonds is 2. The summed E-state index contributed by atoms with van der Waals surface area (Å²) in [5, 5.41) is 0.353. The quantitative estimate of drug-likeness (QED) is 0.666. The fourth-order valence-electron chi connectivity index (χ4n) is 2.40. The zero-order valence-corrected chi connectivity index (χ0v) is 9.68. The summed E-state index contributed by atoms with van der Waals surface area (Å²) in [4.78, 5) is 5.08. The molecule has 2 unspecified atom stereocenters. The molecule has 0 aliphatic carbocycles. The molecule has 0 bridgehead atoms. The predicted molar refractivity (Wildman–Crippen MR) is 62.8 cm³/mol. The summed E-state index contributed by atoms with van der Waals surface area (Å²) < 4.78 is 0. The van der Waals surface area contributed by atoms with Crippen molar-refractivity contribution in [2.75, 3.05) is 31.9 Å². The summed E-state index contributed by atoms with van der Waals surface area (Å²) in [6.07, 6.45) is 2.76. The number of nitrogens with zero attached hydrogens (tertiary/aromatic N) is 2. The maximum atomic E-state index is 4.53. The molecule has 76 valence electrons. The van der Waals surface area contributed by atoms with Gasteiger partial charge in [-0.25, -0.2) is 0 Å². The summed E-state index contributed by atoms with van der Waals surface area (Å²) in [6.45, 7) is 4.92. The Bertz CT molecular complexity index is 177. The third-order valence-electron chi connectivity index (χ3n) is 3.20. The monoisotopic (exact) mass is 218 g/mol. The van der Waals surface area contributed by atoms with Crippen LogP contribution in [0.2, 0.25) is 0 Å². The summed E-state index contributed by atoms with van der Waals surface area (Å²) in [5.74, 6) is 0.857. The zero-order valence-electron chi connectivity index (χ0n) is 7.89. The van der Waals surface area contributed by atoms with Crippen molar-refractivity contribution in [2.24, 2.45) is 0 Å². The van der Waals surface area contributed by atoms with E-state index >= 15 is 0 Å². The van der Waals surface area contributed by atoms with Crippen LogP contribution in [0.4, 0.5) is 0 Å². The Kier molecular flexibility index (Phi) is 3.46. The second-order valence-corrected chi connectivity index (χ2v) is 4.95. The van der Waals surface area contributed by atoms with Crippen LogP contribution in [-0.2, 0) is 0 Å². The fourth-order valence-corrected chi connectivity index (χ4v) is 2.84. The third kappa shape index (κ3) is 2.17. The van der Waals surface area contributed by atoms with E-state index in [1.54, 1.807) is 0 Å². The van der Waals surface area contributed by atoms with E-state index in [0.29, 0.717) is 5.37 Å². The molecule has 2 atom stereocenters. The molecule has 0 radical (unpaired) electrons. The van der Waals surface area contributed by atoms with Gasteiger partial charge >= 0.3 is 0 Å². The van der Waals surface area contributed by atoms with Crippen molar-refractivity contribution in [1.82, 2.24) is 9.80 Å². The van der Waals surface area contributed by atoms with Gasteiger partial charge in [0.15, 0.2) is 0 Å². The van der Waals surface area contributed by atoms with Crippen LogP contribution in [0.1, 0.15) is 12.8 Å². The maximum Gasteiger partial charge on any atom is 0.0617 e. The number of hydrogen-bond acceptors (Lipinski definition) is 4. The van der Waals surface area contributed by atoms with Crippen LogP contribution in [0, 0.1) is 0 Å². The summed E-state index contributed by atoms with van der Waals surface area (Å²) in [6, 6.07) is 0.809. The molecule has 0 N–H and O–H groups in total. The Morgan fingerprint density at radius 2 is 2.15 bits per heavy atom. The van der Waals surface area contributed by atoms with Crippen LogP contribution in [0.15, 0.2) is 0 Å². The average molecular weight is 218 g/mol. The average Bonchev–Trinajstić information content (AvgIpc) is 2.63. The van der Waals surface area contributed by atoms with Crippen molar-refractivity contribution >= 4 is 25.3 Å². The maximum absolute atomic E-state index is 4.53. The lowest BCUT2D eigenvalue weighted by Gasteiger charge is -2.39. The molecular weight excluding hydrogens is 200 g/mol. The van der Waals surface area contributed by atoms with E-state index < -0.39 is 0 Å². The topological polar surface area (TPSA) is 6.48 Å². The molecule has 2 fully saturated rings. The van der Waals surface area contributed by atoms with Crippen molar-refractivity contribution in [3.05, 3.63) is 0 Å². The molecule has 13 heavy (non-hydrogen) atoms. The minimum atomic E-state index is 0.353. The molecule has 2 rings (SSSR count). The third-order valence-corrected chi connectivity index (χ3v) is 4.35. The minimum absolute atomic E-state index is 0.353. The van der Waals surface area contributed by atoms with E-state index in [2.05, 4.69) is 35.1 Å². The van der Waals surface area contributed by atoms with E-state index in [9.17, 15) is 0 Å². The van der Waals surface area contributed by atoms with Gasteiger partial charge in [0.2, 0.25) is 0 Å². The van der Waals surface area contributed by atoms with Crippen LogP contribution >= 0.6 is 25.3 Å². The highest BCUT2D eigenvalue weighted by atomic mass is 32.1. The molecule has 4 heteroatoms. The second kappa shape index (κ2) is 4.43. The Balaban J connectivity index is 1.89. The van der Waals surface area contributed by atoms with Gasteiger partial charge in [0.25, 0.3) is 0 Å².